The summed E-state index contributed by atoms with van der Waals surface area (Å²) < 4.78 is 1.42. The van der Waals surface area contributed by atoms with Gasteiger partial charge in [-0.1, -0.05) is 31.5 Å². The Hall–Kier alpha value is -0.240. The highest BCUT2D eigenvalue weighted by Gasteiger charge is 1.99. The zero-order valence-electron chi connectivity index (χ0n) is 8.73. The largest absolute Gasteiger partial charge is 0.147 e. The molecule has 0 N–H and O–H groups in total. The van der Waals surface area contributed by atoms with E-state index < -0.39 is 0 Å². The van der Waals surface area contributed by atoms with Crippen molar-refractivity contribution >= 4 is 46.2 Å². The van der Waals surface area contributed by atoms with Crippen LogP contribution < -0.4 is 0 Å². The first kappa shape index (κ1) is 14.8. The van der Waals surface area contributed by atoms with E-state index in [2.05, 4.69) is 37.3 Å². The summed E-state index contributed by atoms with van der Waals surface area (Å²) in [6.45, 7) is 2.24. The van der Waals surface area contributed by atoms with Gasteiger partial charge in [-0.3, -0.25) is 0 Å². The molecule has 0 nitrogen and oxygen atoms in total. The number of hydrogen-bond acceptors (Lipinski definition) is 1. The van der Waals surface area contributed by atoms with E-state index in [1.54, 1.807) is 0 Å². The van der Waals surface area contributed by atoms with Crippen LogP contribution in [0.25, 0.3) is 10.1 Å². The van der Waals surface area contributed by atoms with Crippen molar-refractivity contribution in [3.05, 3.63) is 35.2 Å². The Morgan fingerprint density at radius 2 is 1.87 bits per heavy atom. The highest BCUT2D eigenvalue weighted by atomic mass is 35.5. The summed E-state index contributed by atoms with van der Waals surface area (Å²) >= 11 is 1.94. The van der Waals surface area contributed by atoms with Crippen molar-refractivity contribution in [3.63, 3.8) is 0 Å². The average molecular weight is 263 g/mol. The van der Waals surface area contributed by atoms with Gasteiger partial charge in [-0.25, -0.2) is 0 Å². The second-order valence-corrected chi connectivity index (χ2v) is 4.52. The van der Waals surface area contributed by atoms with Gasteiger partial charge in [0.1, 0.15) is 0 Å². The third-order valence-electron chi connectivity index (χ3n) is 2.25. The number of aryl methyl sites for hydroxylation is 1. The molecule has 0 aliphatic carbocycles. The van der Waals surface area contributed by atoms with Crippen molar-refractivity contribution in [2.24, 2.45) is 0 Å². The molecule has 0 fully saturated rings. The van der Waals surface area contributed by atoms with E-state index in [-0.39, 0.29) is 24.8 Å². The van der Waals surface area contributed by atoms with Crippen molar-refractivity contribution in [3.8, 4) is 0 Å². The molecule has 1 heterocycles. The Labute approximate surface area is 108 Å². The van der Waals surface area contributed by atoms with E-state index in [4.69, 9.17) is 0 Å². The van der Waals surface area contributed by atoms with Crippen molar-refractivity contribution < 1.29 is 0 Å². The van der Waals surface area contributed by atoms with Crippen molar-refractivity contribution in [1.29, 1.82) is 0 Å². The fourth-order valence-corrected chi connectivity index (χ4v) is 2.62. The first-order valence-electron chi connectivity index (χ1n) is 4.87. The van der Waals surface area contributed by atoms with Gasteiger partial charge in [0.15, 0.2) is 0 Å². The fraction of sp³-hybridized carbons (Fsp3) is 0.333. The van der Waals surface area contributed by atoms with Crippen LogP contribution in [-0.4, -0.2) is 0 Å². The topological polar surface area (TPSA) is 0 Å². The molecule has 0 spiro atoms. The molecular weight excluding hydrogens is 247 g/mol. The Bertz CT molecular complexity index is 362. The van der Waals surface area contributed by atoms with Crippen LogP contribution >= 0.6 is 36.2 Å². The average Bonchev–Trinajstić information content (AvgIpc) is 2.57. The second kappa shape index (κ2) is 7.10. The summed E-state index contributed by atoms with van der Waals surface area (Å²) in [4.78, 5) is 1.53. The molecule has 0 bridgehead atoms. The second-order valence-electron chi connectivity index (χ2n) is 3.35. The zero-order chi connectivity index (χ0) is 9.10. The van der Waals surface area contributed by atoms with Crippen LogP contribution in [-0.2, 0) is 6.42 Å². The summed E-state index contributed by atoms with van der Waals surface area (Å²) in [5.41, 5.74) is 0. The number of fused-ring (bicyclic) bond motifs is 1. The molecule has 0 amide bonds. The molecule has 0 radical (unpaired) electrons. The first-order valence-corrected chi connectivity index (χ1v) is 5.69. The van der Waals surface area contributed by atoms with Gasteiger partial charge in [0.25, 0.3) is 0 Å². The lowest BCUT2D eigenvalue weighted by Gasteiger charge is -1.90. The molecule has 0 saturated carbocycles. The van der Waals surface area contributed by atoms with Crippen LogP contribution in [0.4, 0.5) is 0 Å². The number of thiophene rings is 1. The van der Waals surface area contributed by atoms with E-state index in [0.717, 1.165) is 0 Å². The van der Waals surface area contributed by atoms with Gasteiger partial charge in [-0.2, -0.15) is 0 Å². The predicted molar refractivity (Wildman–Crippen MR) is 74.9 cm³/mol. The summed E-state index contributed by atoms with van der Waals surface area (Å²) in [5.74, 6) is 0. The molecule has 1 aromatic carbocycles. The van der Waals surface area contributed by atoms with Gasteiger partial charge in [0.2, 0.25) is 0 Å². The number of benzene rings is 1. The number of rotatable bonds is 3. The van der Waals surface area contributed by atoms with Crippen molar-refractivity contribution in [2.75, 3.05) is 0 Å². The minimum absolute atomic E-state index is 0. The van der Waals surface area contributed by atoms with Crippen molar-refractivity contribution in [2.45, 2.75) is 26.2 Å². The fourth-order valence-electron chi connectivity index (χ4n) is 1.51. The highest BCUT2D eigenvalue weighted by Crippen LogP contribution is 2.26. The maximum atomic E-state index is 2.33. The SMILES string of the molecule is CCCCc1cc2ccccc2s1.Cl.Cl. The lowest BCUT2D eigenvalue weighted by molar-refractivity contribution is 0.804. The molecule has 15 heavy (non-hydrogen) atoms. The Balaban J connectivity index is 0.000000980. The summed E-state index contributed by atoms with van der Waals surface area (Å²) in [5, 5.41) is 1.40. The molecule has 3 heteroatoms. The van der Waals surface area contributed by atoms with Crippen LogP contribution in [0.15, 0.2) is 30.3 Å². The van der Waals surface area contributed by atoms with Crippen LogP contribution in [0.1, 0.15) is 24.6 Å². The number of halogens is 2. The normalized spacial score (nSPS) is 9.40. The number of unbranched alkanes of at least 4 members (excludes halogenated alkanes) is 1. The minimum atomic E-state index is 0. The molecule has 2 aromatic rings. The van der Waals surface area contributed by atoms with E-state index in [1.807, 2.05) is 11.3 Å². The van der Waals surface area contributed by atoms with Gasteiger partial charge in [-0.15, -0.1) is 36.2 Å². The van der Waals surface area contributed by atoms with Crippen LogP contribution in [0.5, 0.6) is 0 Å². The van der Waals surface area contributed by atoms with Crippen LogP contribution in [0.3, 0.4) is 0 Å². The Morgan fingerprint density at radius 3 is 2.53 bits per heavy atom. The van der Waals surface area contributed by atoms with E-state index in [0.29, 0.717) is 0 Å². The van der Waals surface area contributed by atoms with E-state index in [9.17, 15) is 0 Å². The van der Waals surface area contributed by atoms with E-state index >= 15 is 0 Å². The molecule has 0 aliphatic rings. The highest BCUT2D eigenvalue weighted by molar-refractivity contribution is 7.19. The van der Waals surface area contributed by atoms with Crippen molar-refractivity contribution in [1.82, 2.24) is 0 Å². The quantitative estimate of drug-likeness (QED) is 0.723. The van der Waals surface area contributed by atoms with Gasteiger partial charge in [-0.05, 0) is 30.4 Å². The minimum Gasteiger partial charge on any atom is -0.147 e. The molecule has 84 valence electrons. The summed E-state index contributed by atoms with van der Waals surface area (Å²) in [6.07, 6.45) is 3.84. The van der Waals surface area contributed by atoms with E-state index in [1.165, 1.54) is 34.2 Å². The van der Waals surface area contributed by atoms with Crippen LogP contribution in [0, 0.1) is 0 Å². The number of hydrogen-bond donors (Lipinski definition) is 0. The lowest BCUT2D eigenvalue weighted by atomic mass is 10.2. The summed E-state index contributed by atoms with van der Waals surface area (Å²) in [6, 6.07) is 11.0. The maximum Gasteiger partial charge on any atom is 0.0345 e. The standard InChI is InChI=1S/C12H14S.2ClH/c1-2-3-7-11-9-10-6-4-5-8-12(10)13-11;;/h4-6,8-9H,2-3,7H2,1H3;2*1H. The monoisotopic (exact) mass is 262 g/mol. The molecule has 0 unspecified atom stereocenters. The van der Waals surface area contributed by atoms with Gasteiger partial charge < -0.3 is 0 Å². The third-order valence-corrected chi connectivity index (χ3v) is 3.43. The molecule has 2 rings (SSSR count). The maximum absolute atomic E-state index is 2.33. The molecule has 0 atom stereocenters. The molecular formula is C12H16Cl2S. The smallest absolute Gasteiger partial charge is 0.0345 e. The van der Waals surface area contributed by atoms with Gasteiger partial charge in [0.05, 0.1) is 0 Å². The zero-order valence-corrected chi connectivity index (χ0v) is 11.2. The Morgan fingerprint density at radius 1 is 1.13 bits per heavy atom. The molecule has 0 aliphatic heterocycles. The third kappa shape index (κ3) is 3.67. The summed E-state index contributed by atoms with van der Waals surface area (Å²) in [7, 11) is 0. The van der Waals surface area contributed by atoms with Gasteiger partial charge in [0, 0.05) is 9.58 Å². The first-order chi connectivity index (χ1) is 6.40. The predicted octanol–water partition coefficient (Wildman–Crippen LogP) is 5.09. The Kier molecular flexibility index (Phi) is 6.99. The molecule has 1 aromatic heterocycles. The lowest BCUT2D eigenvalue weighted by Crippen LogP contribution is -1.76. The van der Waals surface area contributed by atoms with Gasteiger partial charge >= 0.3 is 0 Å². The van der Waals surface area contributed by atoms with Crippen LogP contribution in [0.2, 0.25) is 0 Å². The molecule has 0 saturated heterocycles.